The highest BCUT2D eigenvalue weighted by Crippen LogP contribution is 2.44. The van der Waals surface area contributed by atoms with Crippen LogP contribution in [-0.4, -0.2) is 24.1 Å². The second-order valence-electron chi connectivity index (χ2n) is 16.0. The topological polar surface area (TPSA) is 48.5 Å². The van der Waals surface area contributed by atoms with Gasteiger partial charge in [0.05, 0.1) is 22.1 Å². The summed E-state index contributed by atoms with van der Waals surface area (Å²) in [5.74, 6) is 1.89. The van der Waals surface area contributed by atoms with E-state index in [0.29, 0.717) is 17.5 Å². The van der Waals surface area contributed by atoms with E-state index >= 15 is 0 Å². The van der Waals surface area contributed by atoms with E-state index in [2.05, 4.69) is 203 Å². The fourth-order valence-electron chi connectivity index (χ4n) is 9.48. The summed E-state index contributed by atoms with van der Waals surface area (Å²) in [4.78, 5) is 16.1. The van der Waals surface area contributed by atoms with Gasteiger partial charge in [-0.15, -0.1) is 11.3 Å². The van der Waals surface area contributed by atoms with E-state index in [1.165, 1.54) is 42.8 Å². The fourth-order valence-corrected chi connectivity index (χ4v) is 10.7. The molecule has 0 atom stereocenters. The molecule has 0 fully saturated rings. The molecule has 13 aromatic rings. The first-order chi connectivity index (χ1) is 31.2. The van der Waals surface area contributed by atoms with Gasteiger partial charge in [0.2, 0.25) is 0 Å². The second kappa shape index (κ2) is 14.2. The van der Waals surface area contributed by atoms with Crippen molar-refractivity contribution in [1.29, 1.82) is 0 Å². The molecular weight excluding hydrogens is 787 g/mol. The molecule has 0 aliphatic rings. The molecule has 0 aliphatic carbocycles. The molecule has 0 spiro atoms. The normalized spacial score (nSPS) is 11.8. The SMILES string of the molecule is c1ccc(-c2ccc3c(c2)sc2c(-c4nc(-c5ccccc5)nc(-c5ccc6c(c5)c5ccccc5n6-c5ccccc5)n4)cc(-n4c5ccccc5c5ccccc54)cc23)cc1. The van der Waals surface area contributed by atoms with Crippen molar-refractivity contribution < 1.29 is 0 Å². The average molecular weight is 822 g/mol. The number of nitrogens with zero attached hydrogens (tertiary/aromatic N) is 5. The van der Waals surface area contributed by atoms with Crippen molar-refractivity contribution in [3.8, 4) is 56.7 Å². The number of rotatable bonds is 6. The van der Waals surface area contributed by atoms with Crippen molar-refractivity contribution in [1.82, 2.24) is 24.1 Å². The van der Waals surface area contributed by atoms with E-state index in [9.17, 15) is 0 Å². The van der Waals surface area contributed by atoms with Gasteiger partial charge < -0.3 is 9.13 Å². The summed E-state index contributed by atoms with van der Waals surface area (Å²) in [6.07, 6.45) is 0. The van der Waals surface area contributed by atoms with E-state index in [4.69, 9.17) is 15.0 Å². The largest absolute Gasteiger partial charge is 0.309 e. The maximum absolute atomic E-state index is 5.45. The molecule has 0 radical (unpaired) electrons. The molecule has 4 aromatic heterocycles. The smallest absolute Gasteiger partial charge is 0.165 e. The Morgan fingerprint density at radius 1 is 0.302 bits per heavy atom. The molecule has 0 unspecified atom stereocenters. The molecule has 0 N–H and O–H groups in total. The molecule has 294 valence electrons. The Labute approximate surface area is 366 Å². The van der Waals surface area contributed by atoms with Gasteiger partial charge in [-0.1, -0.05) is 146 Å². The third-order valence-corrected chi connectivity index (χ3v) is 13.6. The van der Waals surface area contributed by atoms with Crippen LogP contribution < -0.4 is 0 Å². The highest BCUT2D eigenvalue weighted by atomic mass is 32.1. The summed E-state index contributed by atoms with van der Waals surface area (Å²) >= 11 is 1.80. The van der Waals surface area contributed by atoms with Crippen LogP contribution in [0.2, 0.25) is 0 Å². The zero-order chi connectivity index (χ0) is 41.4. The minimum absolute atomic E-state index is 0.625. The number of hydrogen-bond acceptors (Lipinski definition) is 4. The van der Waals surface area contributed by atoms with Crippen molar-refractivity contribution in [2.24, 2.45) is 0 Å². The molecule has 0 amide bonds. The Bertz CT molecular complexity index is 3850. The predicted molar refractivity (Wildman–Crippen MR) is 263 cm³/mol. The van der Waals surface area contributed by atoms with Crippen molar-refractivity contribution in [2.75, 3.05) is 0 Å². The van der Waals surface area contributed by atoms with Gasteiger partial charge in [-0.25, -0.2) is 15.0 Å². The molecular formula is C57H35N5S. The van der Waals surface area contributed by atoms with E-state index in [1.54, 1.807) is 11.3 Å². The molecule has 0 saturated carbocycles. The van der Waals surface area contributed by atoms with E-state index < -0.39 is 0 Å². The van der Waals surface area contributed by atoms with Gasteiger partial charge in [0.1, 0.15) is 0 Å². The summed E-state index contributed by atoms with van der Waals surface area (Å²) < 4.78 is 7.08. The third-order valence-electron chi connectivity index (χ3n) is 12.4. The lowest BCUT2D eigenvalue weighted by Crippen LogP contribution is -2.01. The molecule has 0 aliphatic heterocycles. The van der Waals surface area contributed by atoms with Crippen LogP contribution in [-0.2, 0) is 0 Å². The van der Waals surface area contributed by atoms with Crippen LogP contribution in [0.5, 0.6) is 0 Å². The standard InChI is InChI=1S/C57H35N5S/c1-4-16-36(17-5-1)38-28-30-45-47-34-41(62-49-25-13-10-22-42(49)43-23-11-14-26-50(43)62)35-48(54(47)63-53(45)33-38)57-59-55(37-18-6-2-7-19-37)58-56(60-57)39-29-31-52-46(32-39)44-24-12-15-27-51(44)61(52)40-20-8-3-9-21-40/h1-35H. The third kappa shape index (κ3) is 5.73. The minimum Gasteiger partial charge on any atom is -0.309 e. The summed E-state index contributed by atoms with van der Waals surface area (Å²) in [6, 6.07) is 75.6. The van der Waals surface area contributed by atoms with Crippen LogP contribution in [0.25, 0.3) is 120 Å². The van der Waals surface area contributed by atoms with Gasteiger partial charge in [-0.2, -0.15) is 0 Å². The van der Waals surface area contributed by atoms with Crippen LogP contribution in [0.1, 0.15) is 0 Å². The van der Waals surface area contributed by atoms with Gasteiger partial charge >= 0.3 is 0 Å². The first-order valence-electron chi connectivity index (χ1n) is 21.2. The number of hydrogen-bond donors (Lipinski definition) is 0. The second-order valence-corrected chi connectivity index (χ2v) is 17.1. The zero-order valence-electron chi connectivity index (χ0n) is 33.9. The van der Waals surface area contributed by atoms with Crippen molar-refractivity contribution in [3.05, 3.63) is 212 Å². The first kappa shape index (κ1) is 35.6. The number of benzene rings is 9. The maximum Gasteiger partial charge on any atom is 0.165 e. The number of fused-ring (bicyclic) bond motifs is 9. The Balaban J connectivity index is 1.09. The zero-order valence-corrected chi connectivity index (χ0v) is 34.7. The van der Waals surface area contributed by atoms with Crippen molar-refractivity contribution in [2.45, 2.75) is 0 Å². The van der Waals surface area contributed by atoms with Gasteiger partial charge in [-0.05, 0) is 77.9 Å². The summed E-state index contributed by atoms with van der Waals surface area (Å²) in [5.41, 5.74) is 12.0. The Kier molecular flexibility index (Phi) is 8.01. The fraction of sp³-hybridized carbons (Fsp3) is 0. The molecule has 4 heterocycles. The predicted octanol–water partition coefficient (Wildman–Crippen LogP) is 15.1. The summed E-state index contributed by atoms with van der Waals surface area (Å²) in [7, 11) is 0. The molecule has 6 heteroatoms. The van der Waals surface area contributed by atoms with E-state index in [0.717, 1.165) is 60.2 Å². The quantitative estimate of drug-likeness (QED) is 0.168. The minimum atomic E-state index is 0.625. The number of thiophene rings is 1. The summed E-state index contributed by atoms with van der Waals surface area (Å²) in [6.45, 7) is 0. The highest BCUT2D eigenvalue weighted by molar-refractivity contribution is 7.26. The van der Waals surface area contributed by atoms with Gasteiger partial charge in [0, 0.05) is 69.8 Å². The van der Waals surface area contributed by atoms with Crippen LogP contribution in [0.3, 0.4) is 0 Å². The maximum atomic E-state index is 5.45. The lowest BCUT2D eigenvalue weighted by atomic mass is 10.0. The van der Waals surface area contributed by atoms with Gasteiger partial charge in [0.25, 0.3) is 0 Å². The Morgan fingerprint density at radius 3 is 1.48 bits per heavy atom. The monoisotopic (exact) mass is 821 g/mol. The van der Waals surface area contributed by atoms with E-state index in [1.807, 2.05) is 18.2 Å². The van der Waals surface area contributed by atoms with Crippen LogP contribution >= 0.6 is 11.3 Å². The van der Waals surface area contributed by atoms with E-state index in [-0.39, 0.29) is 0 Å². The lowest BCUT2D eigenvalue weighted by molar-refractivity contribution is 1.07. The van der Waals surface area contributed by atoms with Gasteiger partial charge in [0.15, 0.2) is 17.5 Å². The Hall–Kier alpha value is -8.19. The van der Waals surface area contributed by atoms with Crippen LogP contribution in [0.4, 0.5) is 0 Å². The highest BCUT2D eigenvalue weighted by Gasteiger charge is 2.22. The number of para-hydroxylation sites is 4. The van der Waals surface area contributed by atoms with Gasteiger partial charge in [-0.3, -0.25) is 0 Å². The molecule has 13 rings (SSSR count). The van der Waals surface area contributed by atoms with Crippen molar-refractivity contribution >= 4 is 75.1 Å². The summed E-state index contributed by atoms with van der Waals surface area (Å²) in [5, 5.41) is 7.13. The van der Waals surface area contributed by atoms with Crippen LogP contribution in [0, 0.1) is 0 Å². The average Bonchev–Trinajstić information content (AvgIpc) is 4.01. The molecule has 0 bridgehead atoms. The molecule has 9 aromatic carbocycles. The van der Waals surface area contributed by atoms with Crippen molar-refractivity contribution in [3.63, 3.8) is 0 Å². The first-order valence-corrected chi connectivity index (χ1v) is 22.0. The molecule has 5 nitrogen and oxygen atoms in total. The van der Waals surface area contributed by atoms with Crippen LogP contribution in [0.15, 0.2) is 212 Å². The molecule has 63 heavy (non-hydrogen) atoms. The number of aromatic nitrogens is 5. The Morgan fingerprint density at radius 2 is 0.810 bits per heavy atom. The lowest BCUT2D eigenvalue weighted by Gasteiger charge is -2.13. The molecule has 0 saturated heterocycles.